The summed E-state index contributed by atoms with van der Waals surface area (Å²) in [5.41, 5.74) is 2.87. The topological polar surface area (TPSA) is 88.2 Å². The summed E-state index contributed by atoms with van der Waals surface area (Å²) in [7, 11) is -2.18. The highest BCUT2D eigenvalue weighted by atomic mass is 32.2. The first-order valence-electron chi connectivity index (χ1n) is 11.5. The van der Waals surface area contributed by atoms with Gasteiger partial charge in [-0.15, -0.1) is 0 Å². The lowest BCUT2D eigenvalue weighted by Crippen LogP contribution is -2.28. The molecule has 1 saturated heterocycles. The molecule has 0 saturated carbocycles. The number of amides is 1. The molecule has 182 valence electrons. The van der Waals surface area contributed by atoms with E-state index in [4.69, 9.17) is 9.47 Å². The summed E-state index contributed by atoms with van der Waals surface area (Å²) in [6, 6.07) is 19.0. The number of para-hydroxylation sites is 1. The number of ether oxygens (including phenoxy) is 2. The van der Waals surface area contributed by atoms with Crippen LogP contribution in [-0.4, -0.2) is 46.2 Å². The van der Waals surface area contributed by atoms with Gasteiger partial charge in [0.15, 0.2) is 11.5 Å². The van der Waals surface area contributed by atoms with Crippen LogP contribution in [0, 0.1) is 0 Å². The third kappa shape index (κ3) is 4.90. The van der Waals surface area contributed by atoms with E-state index in [1.807, 2.05) is 18.2 Å². The number of benzene rings is 3. The van der Waals surface area contributed by atoms with Crippen LogP contribution in [0.5, 0.6) is 11.5 Å². The fraction of sp³-hybridized carbons (Fsp3) is 0.269. The fourth-order valence-electron chi connectivity index (χ4n) is 4.43. The van der Waals surface area contributed by atoms with Gasteiger partial charge >= 0.3 is 0 Å². The first-order chi connectivity index (χ1) is 16.9. The highest BCUT2D eigenvalue weighted by Gasteiger charge is 2.22. The number of nitrogens with zero attached hydrogens (tertiary/aromatic N) is 2. The Bertz CT molecular complexity index is 1350. The first kappa shape index (κ1) is 23.0. The summed E-state index contributed by atoms with van der Waals surface area (Å²) in [5.74, 6) is 0.793. The average molecular weight is 494 g/mol. The predicted octanol–water partition coefficient (Wildman–Crippen LogP) is 4.09. The second-order valence-corrected chi connectivity index (χ2v) is 10.4. The molecule has 0 bridgehead atoms. The number of rotatable bonds is 7. The Kier molecular flexibility index (Phi) is 6.25. The van der Waals surface area contributed by atoms with Crippen LogP contribution >= 0.6 is 0 Å². The molecule has 0 spiro atoms. The van der Waals surface area contributed by atoms with Crippen molar-refractivity contribution >= 4 is 27.3 Å². The molecule has 0 atom stereocenters. The van der Waals surface area contributed by atoms with Crippen molar-refractivity contribution in [3.63, 3.8) is 0 Å². The number of fused-ring (bicyclic) bond motifs is 1. The van der Waals surface area contributed by atoms with Crippen LogP contribution in [-0.2, 0) is 16.6 Å². The highest BCUT2D eigenvalue weighted by Crippen LogP contribution is 2.35. The fourth-order valence-corrected chi connectivity index (χ4v) is 5.52. The van der Waals surface area contributed by atoms with Crippen LogP contribution in [0.25, 0.3) is 0 Å². The van der Waals surface area contributed by atoms with Crippen molar-refractivity contribution in [3.05, 3.63) is 77.9 Å². The lowest BCUT2D eigenvalue weighted by atomic mass is 10.1. The van der Waals surface area contributed by atoms with Gasteiger partial charge in [0.2, 0.25) is 6.79 Å². The minimum Gasteiger partial charge on any atom is -0.454 e. The molecule has 0 radical (unpaired) electrons. The third-order valence-corrected chi connectivity index (χ3v) is 7.59. The lowest BCUT2D eigenvalue weighted by molar-refractivity contribution is 0.0785. The Morgan fingerprint density at radius 2 is 1.74 bits per heavy atom. The number of hydrogen-bond donors (Lipinski definition) is 1. The Morgan fingerprint density at radius 3 is 2.57 bits per heavy atom. The SMILES string of the molecule is CN(Cc1ccccc1N1CCCC1)C(=O)c1cccc(S(=O)(=O)Nc2ccc3c(c2)OCO3)c1. The molecule has 1 N–H and O–H groups in total. The largest absolute Gasteiger partial charge is 0.454 e. The minimum atomic E-state index is -3.91. The van der Waals surface area contributed by atoms with Crippen molar-refractivity contribution in [2.24, 2.45) is 0 Å². The van der Waals surface area contributed by atoms with Crippen molar-refractivity contribution in [2.75, 3.05) is 36.6 Å². The number of carbonyl (C=O) groups excluding carboxylic acids is 1. The normalized spacial score (nSPS) is 14.7. The molecule has 5 rings (SSSR count). The van der Waals surface area contributed by atoms with Gasteiger partial charge in [-0.25, -0.2) is 8.42 Å². The molecular formula is C26H27N3O5S. The third-order valence-electron chi connectivity index (χ3n) is 6.21. The second kappa shape index (κ2) is 9.50. The number of sulfonamides is 1. The van der Waals surface area contributed by atoms with E-state index in [1.165, 1.54) is 25.0 Å². The Hall–Kier alpha value is -3.72. The maximum Gasteiger partial charge on any atom is 0.261 e. The van der Waals surface area contributed by atoms with Gasteiger partial charge in [-0.05, 0) is 54.8 Å². The van der Waals surface area contributed by atoms with Gasteiger partial charge in [-0.1, -0.05) is 24.3 Å². The van der Waals surface area contributed by atoms with E-state index >= 15 is 0 Å². The molecule has 2 aliphatic heterocycles. The van der Waals surface area contributed by atoms with E-state index in [1.54, 1.807) is 42.3 Å². The Labute approximate surface area is 205 Å². The summed E-state index contributed by atoms with van der Waals surface area (Å²) >= 11 is 0. The highest BCUT2D eigenvalue weighted by molar-refractivity contribution is 7.92. The lowest BCUT2D eigenvalue weighted by Gasteiger charge is -2.24. The van der Waals surface area contributed by atoms with E-state index in [0.29, 0.717) is 29.3 Å². The molecule has 3 aromatic rings. The molecule has 1 fully saturated rings. The van der Waals surface area contributed by atoms with Crippen LogP contribution in [0.3, 0.4) is 0 Å². The monoisotopic (exact) mass is 493 g/mol. The van der Waals surface area contributed by atoms with Crippen LogP contribution in [0.1, 0.15) is 28.8 Å². The molecule has 1 amide bonds. The van der Waals surface area contributed by atoms with Crippen molar-refractivity contribution < 1.29 is 22.7 Å². The molecule has 2 heterocycles. The molecule has 0 aliphatic carbocycles. The molecule has 2 aliphatic rings. The quantitative estimate of drug-likeness (QED) is 0.534. The number of anilines is 2. The standard InChI is InChI=1S/C26H27N3O5S/c1-28(17-20-7-2-3-10-23(20)29-13-4-5-14-29)26(30)19-8-6-9-22(15-19)35(31,32)27-21-11-12-24-25(16-21)34-18-33-24/h2-3,6-12,15-16,27H,4-5,13-14,17-18H2,1H3. The zero-order chi connectivity index (χ0) is 24.4. The van der Waals surface area contributed by atoms with Crippen LogP contribution in [0.2, 0.25) is 0 Å². The summed E-state index contributed by atoms with van der Waals surface area (Å²) in [6.45, 7) is 2.57. The summed E-state index contributed by atoms with van der Waals surface area (Å²) in [4.78, 5) is 17.2. The maximum atomic E-state index is 13.2. The van der Waals surface area contributed by atoms with Gasteiger partial charge < -0.3 is 19.3 Å². The number of nitrogens with one attached hydrogen (secondary N) is 1. The Morgan fingerprint density at radius 1 is 0.971 bits per heavy atom. The smallest absolute Gasteiger partial charge is 0.261 e. The molecule has 0 aromatic heterocycles. The van der Waals surface area contributed by atoms with Crippen LogP contribution in [0.4, 0.5) is 11.4 Å². The molecule has 8 nitrogen and oxygen atoms in total. The van der Waals surface area contributed by atoms with E-state index in [2.05, 4.69) is 15.7 Å². The zero-order valence-corrected chi connectivity index (χ0v) is 20.3. The van der Waals surface area contributed by atoms with Gasteiger partial charge in [0.05, 0.1) is 10.6 Å². The van der Waals surface area contributed by atoms with Crippen molar-refractivity contribution in [1.29, 1.82) is 0 Å². The molecular weight excluding hydrogens is 466 g/mol. The van der Waals surface area contributed by atoms with E-state index in [0.717, 1.165) is 24.3 Å². The molecule has 35 heavy (non-hydrogen) atoms. The molecule has 9 heteroatoms. The molecule has 0 unspecified atom stereocenters. The van der Waals surface area contributed by atoms with Gasteiger partial charge in [-0.2, -0.15) is 0 Å². The Balaban J connectivity index is 1.32. The second-order valence-electron chi connectivity index (χ2n) is 8.69. The number of carbonyl (C=O) groups is 1. The van der Waals surface area contributed by atoms with E-state index < -0.39 is 10.0 Å². The van der Waals surface area contributed by atoms with Crippen molar-refractivity contribution in [3.8, 4) is 11.5 Å². The van der Waals surface area contributed by atoms with Gasteiger partial charge in [0.1, 0.15) is 0 Å². The summed E-state index contributed by atoms with van der Waals surface area (Å²) < 4.78 is 39.2. The summed E-state index contributed by atoms with van der Waals surface area (Å²) in [5, 5.41) is 0. The maximum absolute atomic E-state index is 13.2. The van der Waals surface area contributed by atoms with Gasteiger partial charge in [0, 0.05) is 44.0 Å². The van der Waals surface area contributed by atoms with Gasteiger partial charge in [0.25, 0.3) is 15.9 Å². The molecule has 3 aromatic carbocycles. The average Bonchev–Trinajstić information content (AvgIpc) is 3.56. The van der Waals surface area contributed by atoms with Crippen molar-refractivity contribution in [1.82, 2.24) is 4.90 Å². The van der Waals surface area contributed by atoms with Crippen LogP contribution in [0.15, 0.2) is 71.6 Å². The van der Waals surface area contributed by atoms with E-state index in [9.17, 15) is 13.2 Å². The minimum absolute atomic E-state index is 0.00637. The zero-order valence-electron chi connectivity index (χ0n) is 19.4. The van der Waals surface area contributed by atoms with Crippen molar-refractivity contribution in [2.45, 2.75) is 24.3 Å². The summed E-state index contributed by atoms with van der Waals surface area (Å²) in [6.07, 6.45) is 2.34. The number of hydrogen-bond acceptors (Lipinski definition) is 6. The van der Waals surface area contributed by atoms with Crippen LogP contribution < -0.4 is 19.1 Å². The van der Waals surface area contributed by atoms with E-state index in [-0.39, 0.29) is 17.6 Å². The predicted molar refractivity (Wildman–Crippen MR) is 134 cm³/mol. The van der Waals surface area contributed by atoms with Gasteiger partial charge in [-0.3, -0.25) is 9.52 Å². The first-order valence-corrected chi connectivity index (χ1v) is 13.0.